The third kappa shape index (κ3) is 4.37. The first-order valence-electron chi connectivity index (χ1n) is 8.17. The summed E-state index contributed by atoms with van der Waals surface area (Å²) in [5.74, 6) is 0.919. The van der Waals surface area contributed by atoms with Gasteiger partial charge in [-0.25, -0.2) is 0 Å². The number of nitrogens with one attached hydrogen (secondary N) is 1. The van der Waals surface area contributed by atoms with E-state index in [0.29, 0.717) is 0 Å². The van der Waals surface area contributed by atoms with Crippen molar-refractivity contribution in [1.29, 1.82) is 0 Å². The van der Waals surface area contributed by atoms with Gasteiger partial charge in [0.15, 0.2) is 0 Å². The summed E-state index contributed by atoms with van der Waals surface area (Å²) in [6, 6.07) is 6.18. The standard InChI is InChI=1S/C18H29NO2/c1-14(2)21-16-7-8-17(15(3)11-16)19-12-18(13-20)9-5-4-6-10-18/h7-8,11,14,19-20H,4-6,9-10,12-13H2,1-3H3. The first kappa shape index (κ1) is 16.2. The van der Waals surface area contributed by atoms with Gasteiger partial charge in [0.1, 0.15) is 5.75 Å². The number of ether oxygens (including phenoxy) is 1. The normalized spacial score (nSPS) is 17.8. The van der Waals surface area contributed by atoms with Crippen molar-refractivity contribution in [3.63, 3.8) is 0 Å². The Hall–Kier alpha value is -1.22. The molecule has 0 atom stereocenters. The molecule has 0 amide bonds. The summed E-state index contributed by atoms with van der Waals surface area (Å²) in [5.41, 5.74) is 2.40. The van der Waals surface area contributed by atoms with Crippen molar-refractivity contribution in [3.8, 4) is 5.75 Å². The zero-order valence-corrected chi connectivity index (χ0v) is 13.6. The first-order chi connectivity index (χ1) is 10.0. The Labute approximate surface area is 128 Å². The smallest absolute Gasteiger partial charge is 0.120 e. The number of aliphatic hydroxyl groups is 1. The fourth-order valence-electron chi connectivity index (χ4n) is 3.16. The molecule has 1 fully saturated rings. The van der Waals surface area contributed by atoms with Crippen LogP contribution in [-0.2, 0) is 0 Å². The lowest BCUT2D eigenvalue weighted by atomic mass is 9.74. The van der Waals surface area contributed by atoms with Gasteiger partial charge in [-0.05, 0) is 57.4 Å². The zero-order chi connectivity index (χ0) is 15.3. The van der Waals surface area contributed by atoms with Gasteiger partial charge >= 0.3 is 0 Å². The molecule has 3 heteroatoms. The maximum Gasteiger partial charge on any atom is 0.120 e. The molecule has 3 nitrogen and oxygen atoms in total. The molecular formula is C18H29NO2. The van der Waals surface area contributed by atoms with Crippen LogP contribution in [0.1, 0.15) is 51.5 Å². The zero-order valence-electron chi connectivity index (χ0n) is 13.6. The maximum atomic E-state index is 9.77. The molecule has 0 unspecified atom stereocenters. The van der Waals surface area contributed by atoms with Gasteiger partial charge in [-0.1, -0.05) is 19.3 Å². The minimum atomic E-state index is 0.0673. The molecule has 1 aromatic carbocycles. The molecule has 2 N–H and O–H groups in total. The van der Waals surface area contributed by atoms with E-state index in [1.165, 1.54) is 24.8 Å². The van der Waals surface area contributed by atoms with Crippen molar-refractivity contribution < 1.29 is 9.84 Å². The molecule has 0 aliphatic heterocycles. The second kappa shape index (κ2) is 7.17. The number of anilines is 1. The average Bonchev–Trinajstić information content (AvgIpc) is 2.47. The van der Waals surface area contributed by atoms with Crippen LogP contribution in [0.3, 0.4) is 0 Å². The van der Waals surface area contributed by atoms with Crippen LogP contribution in [0.2, 0.25) is 0 Å². The number of benzene rings is 1. The van der Waals surface area contributed by atoms with Crippen molar-refractivity contribution in [1.82, 2.24) is 0 Å². The van der Waals surface area contributed by atoms with Gasteiger partial charge in [0.2, 0.25) is 0 Å². The van der Waals surface area contributed by atoms with Gasteiger partial charge in [-0.3, -0.25) is 0 Å². The highest BCUT2D eigenvalue weighted by Crippen LogP contribution is 2.36. The van der Waals surface area contributed by atoms with Crippen molar-refractivity contribution in [2.45, 2.75) is 59.0 Å². The van der Waals surface area contributed by atoms with E-state index in [9.17, 15) is 5.11 Å². The molecular weight excluding hydrogens is 262 g/mol. The number of aryl methyl sites for hydroxylation is 1. The minimum Gasteiger partial charge on any atom is -0.491 e. The van der Waals surface area contributed by atoms with Gasteiger partial charge in [-0.15, -0.1) is 0 Å². The highest BCUT2D eigenvalue weighted by Gasteiger charge is 2.31. The first-order valence-corrected chi connectivity index (χ1v) is 8.17. The Morgan fingerprint density at radius 1 is 1.24 bits per heavy atom. The van der Waals surface area contributed by atoms with Crippen LogP contribution >= 0.6 is 0 Å². The number of rotatable bonds is 6. The molecule has 21 heavy (non-hydrogen) atoms. The lowest BCUT2D eigenvalue weighted by Gasteiger charge is -2.36. The Morgan fingerprint density at radius 2 is 1.95 bits per heavy atom. The average molecular weight is 291 g/mol. The summed E-state index contributed by atoms with van der Waals surface area (Å²) >= 11 is 0. The van der Waals surface area contributed by atoms with E-state index >= 15 is 0 Å². The SMILES string of the molecule is Cc1cc(OC(C)C)ccc1NCC1(CO)CCCCC1. The van der Waals surface area contributed by atoms with Crippen molar-refractivity contribution in [2.75, 3.05) is 18.5 Å². The third-order valence-corrected chi connectivity index (χ3v) is 4.47. The van der Waals surface area contributed by atoms with Gasteiger partial charge in [0, 0.05) is 17.6 Å². The summed E-state index contributed by atoms with van der Waals surface area (Å²) in [6.07, 6.45) is 6.24. The molecule has 1 aliphatic rings. The fourth-order valence-corrected chi connectivity index (χ4v) is 3.16. The fraction of sp³-hybridized carbons (Fsp3) is 0.667. The predicted octanol–water partition coefficient (Wildman–Crippen LogP) is 4.14. The molecule has 1 aliphatic carbocycles. The molecule has 1 aromatic rings. The molecule has 0 spiro atoms. The van der Waals surface area contributed by atoms with Crippen molar-refractivity contribution >= 4 is 5.69 Å². The Kier molecular flexibility index (Phi) is 5.51. The quantitative estimate of drug-likeness (QED) is 0.827. The predicted molar refractivity (Wildman–Crippen MR) is 88.0 cm³/mol. The summed E-state index contributed by atoms with van der Waals surface area (Å²) in [5, 5.41) is 13.3. The monoisotopic (exact) mass is 291 g/mol. The number of aliphatic hydroxyl groups excluding tert-OH is 1. The van der Waals surface area contributed by atoms with E-state index in [4.69, 9.17) is 4.74 Å². The highest BCUT2D eigenvalue weighted by atomic mass is 16.5. The van der Waals surface area contributed by atoms with Crippen LogP contribution < -0.4 is 10.1 Å². The lowest BCUT2D eigenvalue weighted by molar-refractivity contribution is 0.0944. The minimum absolute atomic E-state index is 0.0673. The summed E-state index contributed by atoms with van der Waals surface area (Å²) < 4.78 is 5.72. The molecule has 1 saturated carbocycles. The van der Waals surface area contributed by atoms with E-state index < -0.39 is 0 Å². The molecule has 118 valence electrons. The molecule has 0 saturated heterocycles. The van der Waals surface area contributed by atoms with Crippen molar-refractivity contribution in [2.24, 2.45) is 5.41 Å². The topological polar surface area (TPSA) is 41.5 Å². The third-order valence-electron chi connectivity index (χ3n) is 4.47. The molecule has 0 aromatic heterocycles. The van der Waals surface area contributed by atoms with E-state index in [1.54, 1.807) is 0 Å². The maximum absolute atomic E-state index is 9.77. The van der Waals surface area contributed by atoms with E-state index in [2.05, 4.69) is 24.4 Å². The Morgan fingerprint density at radius 3 is 2.52 bits per heavy atom. The number of hydrogen-bond acceptors (Lipinski definition) is 3. The molecule has 0 radical (unpaired) electrons. The van der Waals surface area contributed by atoms with Gasteiger partial charge < -0.3 is 15.2 Å². The molecule has 0 heterocycles. The molecule has 2 rings (SSSR count). The largest absolute Gasteiger partial charge is 0.491 e. The van der Waals surface area contributed by atoms with Gasteiger partial charge in [0.25, 0.3) is 0 Å². The van der Waals surface area contributed by atoms with Gasteiger partial charge in [0.05, 0.1) is 12.7 Å². The van der Waals surface area contributed by atoms with Crippen LogP contribution in [-0.4, -0.2) is 24.4 Å². The second-order valence-corrected chi connectivity index (χ2v) is 6.72. The van der Waals surface area contributed by atoms with Crippen molar-refractivity contribution in [3.05, 3.63) is 23.8 Å². The summed E-state index contributed by atoms with van der Waals surface area (Å²) in [6.45, 7) is 7.31. The van der Waals surface area contributed by atoms with E-state index in [1.807, 2.05) is 19.9 Å². The van der Waals surface area contributed by atoms with Crippen LogP contribution in [0.15, 0.2) is 18.2 Å². The summed E-state index contributed by atoms with van der Waals surface area (Å²) in [7, 11) is 0. The summed E-state index contributed by atoms with van der Waals surface area (Å²) in [4.78, 5) is 0. The van der Waals surface area contributed by atoms with Gasteiger partial charge in [-0.2, -0.15) is 0 Å². The Bertz CT molecular complexity index is 451. The van der Waals surface area contributed by atoms with E-state index in [-0.39, 0.29) is 18.1 Å². The molecule has 0 bridgehead atoms. The van der Waals surface area contributed by atoms with Crippen LogP contribution in [0.5, 0.6) is 5.75 Å². The lowest BCUT2D eigenvalue weighted by Crippen LogP contribution is -2.35. The van der Waals surface area contributed by atoms with Crippen LogP contribution in [0.4, 0.5) is 5.69 Å². The van der Waals surface area contributed by atoms with Crippen LogP contribution in [0.25, 0.3) is 0 Å². The second-order valence-electron chi connectivity index (χ2n) is 6.72. The van der Waals surface area contributed by atoms with E-state index in [0.717, 1.165) is 30.8 Å². The highest BCUT2D eigenvalue weighted by molar-refractivity contribution is 5.53. The Balaban J connectivity index is 1.99. The number of hydrogen-bond donors (Lipinski definition) is 2. The van der Waals surface area contributed by atoms with Crippen LogP contribution in [0, 0.1) is 12.3 Å².